The first-order valence-electron chi connectivity index (χ1n) is 8.75. The molecule has 0 saturated carbocycles. The van der Waals surface area contributed by atoms with Crippen molar-refractivity contribution in [2.45, 2.75) is 25.0 Å². The molecule has 1 aromatic heterocycles. The number of likely N-dealkylation sites (tertiary alicyclic amines) is 1. The quantitative estimate of drug-likeness (QED) is 0.726. The number of methoxy groups -OCH3 is 1. The van der Waals surface area contributed by atoms with Crippen molar-refractivity contribution in [3.63, 3.8) is 0 Å². The molecular formula is C20H28N4O. The third-order valence-electron chi connectivity index (χ3n) is 4.98. The second-order valence-corrected chi connectivity index (χ2v) is 6.96. The molecule has 2 atom stereocenters. The van der Waals surface area contributed by atoms with Crippen molar-refractivity contribution in [3.8, 4) is 5.75 Å². The fourth-order valence-electron chi connectivity index (χ4n) is 3.68. The van der Waals surface area contributed by atoms with E-state index >= 15 is 0 Å². The molecule has 1 aliphatic rings. The number of hydrogen-bond donors (Lipinski definition) is 0. The van der Waals surface area contributed by atoms with E-state index in [1.807, 2.05) is 17.0 Å². The summed E-state index contributed by atoms with van der Waals surface area (Å²) in [6, 6.07) is 9.03. The van der Waals surface area contributed by atoms with Gasteiger partial charge in [0.2, 0.25) is 0 Å². The molecule has 0 unspecified atom stereocenters. The molecule has 0 N–H and O–H groups in total. The first-order valence-corrected chi connectivity index (χ1v) is 8.75. The second-order valence-electron chi connectivity index (χ2n) is 6.96. The van der Waals surface area contributed by atoms with Gasteiger partial charge in [-0.3, -0.25) is 9.58 Å². The molecule has 3 rings (SSSR count). The van der Waals surface area contributed by atoms with Crippen LogP contribution in [-0.2, 0) is 13.1 Å². The van der Waals surface area contributed by atoms with E-state index in [4.69, 9.17) is 4.74 Å². The number of rotatable bonds is 7. The predicted molar refractivity (Wildman–Crippen MR) is 101 cm³/mol. The average Bonchev–Trinajstić information content (AvgIpc) is 3.23. The van der Waals surface area contributed by atoms with Crippen LogP contribution in [0.25, 0.3) is 0 Å². The summed E-state index contributed by atoms with van der Waals surface area (Å²) in [6.45, 7) is 7.59. The number of hydrogen-bond acceptors (Lipinski definition) is 4. The van der Waals surface area contributed by atoms with Gasteiger partial charge in [-0.25, -0.2) is 0 Å². The monoisotopic (exact) mass is 340 g/mol. The lowest BCUT2D eigenvalue weighted by atomic mass is 9.93. The molecule has 1 fully saturated rings. The molecule has 5 nitrogen and oxygen atoms in total. The SMILES string of the molecule is C=CCn1cc(CN2C[C@@H](N(C)C)[C@H](c3ccc(OC)cc3)C2)cn1. The first-order chi connectivity index (χ1) is 12.1. The molecular weight excluding hydrogens is 312 g/mol. The first kappa shape index (κ1) is 17.7. The van der Waals surface area contributed by atoms with Gasteiger partial charge in [0.05, 0.1) is 19.9 Å². The number of likely N-dealkylation sites (N-methyl/N-ethyl adjacent to an activating group) is 1. The molecule has 2 aromatic rings. The van der Waals surface area contributed by atoms with Gasteiger partial charge in [0.25, 0.3) is 0 Å². The summed E-state index contributed by atoms with van der Waals surface area (Å²) >= 11 is 0. The molecule has 134 valence electrons. The lowest BCUT2D eigenvalue weighted by Gasteiger charge is -2.25. The highest BCUT2D eigenvalue weighted by molar-refractivity contribution is 5.31. The van der Waals surface area contributed by atoms with Crippen LogP contribution < -0.4 is 4.74 Å². The van der Waals surface area contributed by atoms with Crippen molar-refractivity contribution in [3.05, 3.63) is 60.4 Å². The summed E-state index contributed by atoms with van der Waals surface area (Å²) in [4.78, 5) is 4.87. The Balaban J connectivity index is 1.71. The van der Waals surface area contributed by atoms with E-state index in [0.29, 0.717) is 12.0 Å². The third kappa shape index (κ3) is 4.11. The van der Waals surface area contributed by atoms with Crippen LogP contribution in [0.3, 0.4) is 0 Å². The maximum Gasteiger partial charge on any atom is 0.118 e. The van der Waals surface area contributed by atoms with Gasteiger partial charge in [0, 0.05) is 43.4 Å². The molecule has 0 spiro atoms. The van der Waals surface area contributed by atoms with E-state index in [1.165, 1.54) is 11.1 Å². The standard InChI is InChI=1S/C20H28N4O/c1-5-10-24-13-16(11-21-24)12-23-14-19(20(15-23)22(2)3)17-6-8-18(25-4)9-7-17/h5-9,11,13,19-20H,1,10,12,14-15H2,2-4H3/t19-,20+/m0/s1. The van der Waals surface area contributed by atoms with E-state index in [1.54, 1.807) is 7.11 Å². The minimum absolute atomic E-state index is 0.504. The highest BCUT2D eigenvalue weighted by Crippen LogP contribution is 2.32. The van der Waals surface area contributed by atoms with E-state index in [2.05, 4.69) is 66.0 Å². The Kier molecular flexibility index (Phi) is 5.56. The number of allylic oxidation sites excluding steroid dienone is 1. The second kappa shape index (κ2) is 7.85. The zero-order chi connectivity index (χ0) is 17.8. The molecule has 0 radical (unpaired) electrons. The highest BCUT2D eigenvalue weighted by Gasteiger charge is 2.35. The number of ether oxygens (including phenoxy) is 1. The van der Waals surface area contributed by atoms with Crippen LogP contribution in [0.1, 0.15) is 17.0 Å². The van der Waals surface area contributed by atoms with Gasteiger partial charge < -0.3 is 9.64 Å². The summed E-state index contributed by atoms with van der Waals surface area (Å²) in [5, 5.41) is 4.39. The molecule has 0 bridgehead atoms. The average molecular weight is 340 g/mol. The molecule has 5 heteroatoms. The van der Waals surface area contributed by atoms with Crippen LogP contribution in [0, 0.1) is 0 Å². The largest absolute Gasteiger partial charge is 0.497 e. The summed E-state index contributed by atoms with van der Waals surface area (Å²) in [5.41, 5.74) is 2.64. The van der Waals surface area contributed by atoms with Crippen molar-refractivity contribution in [2.24, 2.45) is 0 Å². The molecule has 2 heterocycles. The van der Waals surface area contributed by atoms with Gasteiger partial charge >= 0.3 is 0 Å². The minimum Gasteiger partial charge on any atom is -0.497 e. The highest BCUT2D eigenvalue weighted by atomic mass is 16.5. The van der Waals surface area contributed by atoms with Crippen LogP contribution >= 0.6 is 0 Å². The van der Waals surface area contributed by atoms with Gasteiger partial charge in [-0.05, 0) is 31.8 Å². The molecule has 1 saturated heterocycles. The molecule has 1 aliphatic heterocycles. The zero-order valence-corrected chi connectivity index (χ0v) is 15.4. The summed E-state index contributed by atoms with van der Waals surface area (Å²) < 4.78 is 7.22. The van der Waals surface area contributed by atoms with Gasteiger partial charge in [0.15, 0.2) is 0 Å². The van der Waals surface area contributed by atoms with Crippen molar-refractivity contribution in [1.29, 1.82) is 0 Å². The van der Waals surface area contributed by atoms with Crippen molar-refractivity contribution < 1.29 is 4.74 Å². The van der Waals surface area contributed by atoms with E-state index in [0.717, 1.165) is 31.9 Å². The van der Waals surface area contributed by atoms with Crippen molar-refractivity contribution in [1.82, 2.24) is 19.6 Å². The van der Waals surface area contributed by atoms with Crippen LogP contribution in [0.15, 0.2) is 49.3 Å². The predicted octanol–water partition coefficient (Wildman–Crippen LogP) is 2.61. The number of benzene rings is 1. The number of aromatic nitrogens is 2. The Labute approximate surface area is 150 Å². The topological polar surface area (TPSA) is 33.5 Å². The maximum absolute atomic E-state index is 5.29. The fraction of sp³-hybridized carbons (Fsp3) is 0.450. The van der Waals surface area contributed by atoms with E-state index in [-0.39, 0.29) is 0 Å². The Hall–Kier alpha value is -2.11. The maximum atomic E-state index is 5.29. The third-order valence-corrected chi connectivity index (χ3v) is 4.98. The molecule has 0 amide bonds. The lowest BCUT2D eigenvalue weighted by Crippen LogP contribution is -2.34. The van der Waals surface area contributed by atoms with Gasteiger partial charge in [-0.1, -0.05) is 18.2 Å². The van der Waals surface area contributed by atoms with E-state index < -0.39 is 0 Å². The van der Waals surface area contributed by atoms with Gasteiger partial charge in [-0.2, -0.15) is 5.10 Å². The molecule has 0 aliphatic carbocycles. The molecule has 25 heavy (non-hydrogen) atoms. The minimum atomic E-state index is 0.504. The summed E-state index contributed by atoms with van der Waals surface area (Å²) in [5.74, 6) is 1.42. The van der Waals surface area contributed by atoms with Crippen LogP contribution in [0.5, 0.6) is 5.75 Å². The smallest absolute Gasteiger partial charge is 0.118 e. The van der Waals surface area contributed by atoms with E-state index in [9.17, 15) is 0 Å². The van der Waals surface area contributed by atoms with Gasteiger partial charge in [-0.15, -0.1) is 6.58 Å². The zero-order valence-electron chi connectivity index (χ0n) is 15.4. The normalized spacial score (nSPS) is 21.0. The van der Waals surface area contributed by atoms with Crippen molar-refractivity contribution >= 4 is 0 Å². The van der Waals surface area contributed by atoms with Gasteiger partial charge in [0.1, 0.15) is 5.75 Å². The summed E-state index contributed by atoms with van der Waals surface area (Å²) in [6.07, 6.45) is 5.95. The van der Waals surface area contributed by atoms with Crippen molar-refractivity contribution in [2.75, 3.05) is 34.3 Å². The van der Waals surface area contributed by atoms with Crippen LogP contribution in [0.2, 0.25) is 0 Å². The fourth-order valence-corrected chi connectivity index (χ4v) is 3.68. The molecule has 1 aromatic carbocycles. The van der Waals surface area contributed by atoms with Crippen LogP contribution in [-0.4, -0.2) is 59.9 Å². The summed E-state index contributed by atoms with van der Waals surface area (Å²) in [7, 11) is 6.06. The Morgan fingerprint density at radius 2 is 2.04 bits per heavy atom. The Morgan fingerprint density at radius 1 is 1.28 bits per heavy atom. The Morgan fingerprint density at radius 3 is 2.68 bits per heavy atom. The number of nitrogens with zero attached hydrogens (tertiary/aromatic N) is 4. The Bertz CT molecular complexity index is 692. The van der Waals surface area contributed by atoms with Crippen LogP contribution in [0.4, 0.5) is 0 Å². The lowest BCUT2D eigenvalue weighted by molar-refractivity contribution is 0.259.